The Morgan fingerprint density at radius 1 is 1.14 bits per heavy atom. The van der Waals surface area contributed by atoms with E-state index in [2.05, 4.69) is 5.32 Å². The monoisotopic (exact) mass is 426 g/mol. The fourth-order valence-electron chi connectivity index (χ4n) is 2.50. The maximum Gasteiger partial charge on any atom is 0.261 e. The minimum absolute atomic E-state index is 0.154. The third-order valence-electron chi connectivity index (χ3n) is 4.03. The minimum atomic E-state index is -0.723. The number of hydrogen-bond acceptors (Lipinski definition) is 3. The molecule has 5 nitrogen and oxygen atoms in total. The second kappa shape index (κ2) is 10.3. The molecule has 1 atom stereocenters. The second-order valence-electron chi connectivity index (χ2n) is 6.08. The number of hydrogen-bond donors (Lipinski definition) is 1. The Balaban J connectivity index is 2.15. The summed E-state index contributed by atoms with van der Waals surface area (Å²) in [5.74, 6) is -0.716. The Morgan fingerprint density at radius 3 is 2.43 bits per heavy atom. The van der Waals surface area contributed by atoms with Crippen LogP contribution in [0.25, 0.3) is 0 Å². The number of carbonyl (C=O) groups is 2. The van der Waals surface area contributed by atoms with E-state index in [0.29, 0.717) is 22.3 Å². The minimum Gasteiger partial charge on any atom is -0.484 e. The molecule has 0 aliphatic carbocycles. The molecule has 0 aliphatic heterocycles. The van der Waals surface area contributed by atoms with E-state index in [9.17, 15) is 14.0 Å². The van der Waals surface area contributed by atoms with Gasteiger partial charge in [0.05, 0.1) is 10.0 Å². The molecule has 0 saturated heterocycles. The van der Waals surface area contributed by atoms with Gasteiger partial charge in [-0.2, -0.15) is 0 Å². The molecular formula is C20H21Cl2FN2O3. The van der Waals surface area contributed by atoms with Gasteiger partial charge in [-0.3, -0.25) is 9.59 Å². The van der Waals surface area contributed by atoms with Gasteiger partial charge in [-0.1, -0.05) is 29.3 Å². The summed E-state index contributed by atoms with van der Waals surface area (Å²) >= 11 is 12.0. The number of nitrogens with zero attached hydrogens (tertiary/aromatic N) is 1. The lowest BCUT2D eigenvalue weighted by molar-refractivity contribution is -0.142. The molecule has 0 unspecified atom stereocenters. The average molecular weight is 427 g/mol. The first-order chi connectivity index (χ1) is 13.3. The fourth-order valence-corrected chi connectivity index (χ4v) is 2.82. The number of amides is 2. The van der Waals surface area contributed by atoms with Crippen LogP contribution in [0.3, 0.4) is 0 Å². The van der Waals surface area contributed by atoms with Crippen LogP contribution in [0.15, 0.2) is 42.5 Å². The maximum atomic E-state index is 13.0. The standard InChI is InChI=1S/C20H21Cl2FN2O3/c1-3-24-20(27)13(2)25(11-14-4-9-17(21)18(22)10-14)19(26)12-28-16-7-5-15(23)6-8-16/h4-10,13H,3,11-12H2,1-2H3,(H,24,27)/t13-/m0/s1. The first-order valence-electron chi connectivity index (χ1n) is 8.71. The molecule has 2 aromatic rings. The van der Waals surface area contributed by atoms with Crippen LogP contribution in [-0.4, -0.2) is 35.9 Å². The lowest BCUT2D eigenvalue weighted by atomic mass is 10.1. The largest absolute Gasteiger partial charge is 0.484 e. The van der Waals surface area contributed by atoms with Gasteiger partial charge in [0, 0.05) is 13.1 Å². The van der Waals surface area contributed by atoms with Gasteiger partial charge in [-0.15, -0.1) is 0 Å². The highest BCUT2D eigenvalue weighted by Gasteiger charge is 2.26. The summed E-state index contributed by atoms with van der Waals surface area (Å²) in [6.45, 7) is 3.74. The molecule has 28 heavy (non-hydrogen) atoms. The van der Waals surface area contributed by atoms with Crippen molar-refractivity contribution in [3.8, 4) is 5.75 Å². The number of carbonyl (C=O) groups excluding carboxylic acids is 2. The highest BCUT2D eigenvalue weighted by molar-refractivity contribution is 6.42. The summed E-state index contributed by atoms with van der Waals surface area (Å²) in [5.41, 5.74) is 0.723. The summed E-state index contributed by atoms with van der Waals surface area (Å²) in [4.78, 5) is 26.5. The summed E-state index contributed by atoms with van der Waals surface area (Å²) in [7, 11) is 0. The number of ether oxygens (including phenoxy) is 1. The fraction of sp³-hybridized carbons (Fsp3) is 0.300. The summed E-state index contributed by atoms with van der Waals surface area (Å²) in [5, 5.41) is 3.47. The normalized spacial score (nSPS) is 11.6. The first-order valence-corrected chi connectivity index (χ1v) is 9.47. The lowest BCUT2D eigenvalue weighted by Gasteiger charge is -2.28. The first kappa shape index (κ1) is 22.0. The number of rotatable bonds is 8. The van der Waals surface area contributed by atoms with E-state index in [1.165, 1.54) is 29.2 Å². The Labute approximate surface area is 173 Å². The molecule has 2 aromatic carbocycles. The van der Waals surface area contributed by atoms with Crippen molar-refractivity contribution in [2.45, 2.75) is 26.4 Å². The van der Waals surface area contributed by atoms with Crippen LogP contribution in [0, 0.1) is 5.82 Å². The van der Waals surface area contributed by atoms with Crippen LogP contribution >= 0.6 is 23.2 Å². The molecule has 8 heteroatoms. The van der Waals surface area contributed by atoms with E-state index in [1.807, 2.05) is 0 Å². The molecule has 0 radical (unpaired) electrons. The van der Waals surface area contributed by atoms with Crippen LogP contribution in [-0.2, 0) is 16.1 Å². The van der Waals surface area contributed by atoms with E-state index in [0.717, 1.165) is 5.56 Å². The number of nitrogens with one attached hydrogen (secondary N) is 1. The predicted molar refractivity (Wildman–Crippen MR) is 107 cm³/mol. The molecule has 0 aliphatic rings. The topological polar surface area (TPSA) is 58.6 Å². The Kier molecular flexibility index (Phi) is 8.08. The molecule has 0 heterocycles. The van der Waals surface area contributed by atoms with E-state index in [1.54, 1.807) is 32.0 Å². The zero-order valence-electron chi connectivity index (χ0n) is 15.5. The van der Waals surface area contributed by atoms with Crippen molar-refractivity contribution in [3.05, 3.63) is 63.9 Å². The summed E-state index contributed by atoms with van der Waals surface area (Å²) in [6.07, 6.45) is 0. The summed E-state index contributed by atoms with van der Waals surface area (Å²) in [6, 6.07) is 9.63. The zero-order valence-corrected chi connectivity index (χ0v) is 17.1. The SMILES string of the molecule is CCNC(=O)[C@H](C)N(Cc1ccc(Cl)c(Cl)c1)C(=O)COc1ccc(F)cc1. The molecule has 0 aromatic heterocycles. The van der Waals surface area contributed by atoms with E-state index in [-0.39, 0.29) is 19.1 Å². The molecule has 0 fully saturated rings. The molecule has 1 N–H and O–H groups in total. The van der Waals surface area contributed by atoms with Gasteiger partial charge in [-0.25, -0.2) is 4.39 Å². The molecule has 0 saturated carbocycles. The smallest absolute Gasteiger partial charge is 0.261 e. The third kappa shape index (κ3) is 6.11. The average Bonchev–Trinajstić information content (AvgIpc) is 2.67. The van der Waals surface area contributed by atoms with Gasteiger partial charge < -0.3 is 15.0 Å². The number of benzene rings is 2. The van der Waals surface area contributed by atoms with Crippen LogP contribution in [0.4, 0.5) is 4.39 Å². The molecule has 0 bridgehead atoms. The van der Waals surface area contributed by atoms with Crippen molar-refractivity contribution in [1.82, 2.24) is 10.2 Å². The highest BCUT2D eigenvalue weighted by Crippen LogP contribution is 2.24. The van der Waals surface area contributed by atoms with E-state index >= 15 is 0 Å². The van der Waals surface area contributed by atoms with Crippen molar-refractivity contribution in [2.75, 3.05) is 13.2 Å². The van der Waals surface area contributed by atoms with Crippen LogP contribution in [0.5, 0.6) is 5.75 Å². The van der Waals surface area contributed by atoms with Crippen molar-refractivity contribution < 1.29 is 18.7 Å². The van der Waals surface area contributed by atoms with Gasteiger partial charge in [0.1, 0.15) is 17.6 Å². The number of likely N-dealkylation sites (N-methyl/N-ethyl adjacent to an activating group) is 1. The van der Waals surface area contributed by atoms with Crippen molar-refractivity contribution in [1.29, 1.82) is 0 Å². The van der Waals surface area contributed by atoms with Crippen LogP contribution in [0.2, 0.25) is 10.0 Å². The number of halogens is 3. The summed E-state index contributed by atoms with van der Waals surface area (Å²) < 4.78 is 18.4. The quantitative estimate of drug-likeness (QED) is 0.691. The van der Waals surface area contributed by atoms with E-state index < -0.39 is 17.8 Å². The van der Waals surface area contributed by atoms with Gasteiger partial charge in [0.2, 0.25) is 5.91 Å². The lowest BCUT2D eigenvalue weighted by Crippen LogP contribution is -2.49. The molecule has 150 valence electrons. The molecule has 2 rings (SSSR count). The third-order valence-corrected chi connectivity index (χ3v) is 4.77. The van der Waals surface area contributed by atoms with E-state index in [4.69, 9.17) is 27.9 Å². The molecular weight excluding hydrogens is 406 g/mol. The zero-order chi connectivity index (χ0) is 20.7. The van der Waals surface area contributed by atoms with Gasteiger partial charge in [-0.05, 0) is 55.8 Å². The maximum absolute atomic E-state index is 13.0. The van der Waals surface area contributed by atoms with Gasteiger partial charge in [0.25, 0.3) is 5.91 Å². The van der Waals surface area contributed by atoms with Gasteiger partial charge in [0.15, 0.2) is 6.61 Å². The Morgan fingerprint density at radius 2 is 1.82 bits per heavy atom. The highest BCUT2D eigenvalue weighted by atomic mass is 35.5. The van der Waals surface area contributed by atoms with Crippen LogP contribution in [0.1, 0.15) is 19.4 Å². The molecule has 2 amide bonds. The van der Waals surface area contributed by atoms with Gasteiger partial charge >= 0.3 is 0 Å². The van der Waals surface area contributed by atoms with Crippen molar-refractivity contribution in [2.24, 2.45) is 0 Å². The Hall–Kier alpha value is -2.31. The second-order valence-corrected chi connectivity index (χ2v) is 6.90. The molecule has 0 spiro atoms. The van der Waals surface area contributed by atoms with Crippen LogP contribution < -0.4 is 10.1 Å². The predicted octanol–water partition coefficient (Wildman–Crippen LogP) is 4.06. The Bertz CT molecular complexity index is 831. The van der Waals surface area contributed by atoms with Crippen molar-refractivity contribution in [3.63, 3.8) is 0 Å². The van der Waals surface area contributed by atoms with Crippen molar-refractivity contribution >= 4 is 35.0 Å².